The number of halogens is 1. The van der Waals surface area contributed by atoms with Crippen molar-refractivity contribution in [3.63, 3.8) is 0 Å². The molecule has 1 N–H and O–H groups in total. The van der Waals surface area contributed by atoms with Gasteiger partial charge in [0.05, 0.1) is 23.3 Å². The van der Waals surface area contributed by atoms with Crippen molar-refractivity contribution in [2.45, 2.75) is 39.3 Å². The van der Waals surface area contributed by atoms with Crippen LogP contribution in [-0.4, -0.2) is 30.2 Å². The fraction of sp³-hybridized carbons (Fsp3) is 0.333. The summed E-state index contributed by atoms with van der Waals surface area (Å²) in [6.07, 6.45) is 2.82. The average molecular weight is 375 g/mol. The smallest absolute Gasteiger partial charge is 0.337 e. The molecule has 0 aliphatic rings. The largest absolute Gasteiger partial charge is 0.478 e. The molecular formula is C18H19ClN4O3. The van der Waals surface area contributed by atoms with E-state index in [0.717, 1.165) is 12.8 Å². The molecule has 0 amide bonds. The molecule has 0 saturated carbocycles. The Morgan fingerprint density at radius 3 is 2.65 bits per heavy atom. The molecule has 0 aromatic carbocycles. The maximum absolute atomic E-state index is 13.1. The molecular weight excluding hydrogens is 356 g/mol. The molecule has 0 aliphatic heterocycles. The Hall–Kier alpha value is -2.67. The zero-order chi connectivity index (χ0) is 18.8. The molecule has 0 aliphatic carbocycles. The Balaban J connectivity index is 2.25. The van der Waals surface area contributed by atoms with Crippen molar-refractivity contribution in [3.8, 4) is 0 Å². The lowest BCUT2D eigenvalue weighted by Crippen LogP contribution is -2.27. The number of aromatic carboxylic acids is 1. The zero-order valence-electron chi connectivity index (χ0n) is 14.5. The molecule has 7 nitrogen and oxygen atoms in total. The first-order chi connectivity index (χ1) is 12.5. The third kappa shape index (κ3) is 3.22. The third-order valence-electron chi connectivity index (χ3n) is 4.45. The van der Waals surface area contributed by atoms with Crippen LogP contribution in [0.15, 0.2) is 35.3 Å². The van der Waals surface area contributed by atoms with Crippen LogP contribution in [0.1, 0.15) is 48.8 Å². The summed E-state index contributed by atoms with van der Waals surface area (Å²) < 4.78 is 3.15. The zero-order valence-corrected chi connectivity index (χ0v) is 15.3. The highest BCUT2D eigenvalue weighted by Crippen LogP contribution is 2.22. The van der Waals surface area contributed by atoms with Gasteiger partial charge in [0.15, 0.2) is 5.65 Å². The van der Waals surface area contributed by atoms with Gasteiger partial charge < -0.3 is 5.11 Å². The predicted octanol–water partition coefficient (Wildman–Crippen LogP) is 3.35. The van der Waals surface area contributed by atoms with E-state index in [0.29, 0.717) is 22.0 Å². The Labute approximate surface area is 154 Å². The maximum Gasteiger partial charge on any atom is 0.337 e. The average Bonchev–Trinajstić information content (AvgIpc) is 2.88. The number of rotatable bonds is 6. The monoisotopic (exact) mass is 374 g/mol. The number of carbonyl (C=O) groups is 1. The lowest BCUT2D eigenvalue weighted by atomic mass is 10.1. The summed E-state index contributed by atoms with van der Waals surface area (Å²) in [5, 5.41) is 9.61. The quantitative estimate of drug-likeness (QED) is 0.668. The van der Waals surface area contributed by atoms with E-state index in [1.807, 2.05) is 13.8 Å². The summed E-state index contributed by atoms with van der Waals surface area (Å²) in [6, 6.07) is 6.66. The van der Waals surface area contributed by atoms with Crippen LogP contribution >= 0.6 is 11.6 Å². The molecule has 8 heteroatoms. The number of pyridine rings is 2. The minimum Gasteiger partial charge on any atom is -0.478 e. The van der Waals surface area contributed by atoms with Crippen molar-refractivity contribution in [2.24, 2.45) is 0 Å². The highest BCUT2D eigenvalue weighted by molar-refractivity contribution is 6.29. The molecule has 3 heterocycles. The SMILES string of the molecule is CCC(CC)n1c(=O)n(Cc2cccc(Cl)n2)c2cc(C(=O)O)cnc21. The molecule has 0 radical (unpaired) electrons. The van der Waals surface area contributed by atoms with E-state index in [2.05, 4.69) is 9.97 Å². The molecule has 3 aromatic rings. The summed E-state index contributed by atoms with van der Waals surface area (Å²) >= 11 is 5.94. The van der Waals surface area contributed by atoms with E-state index in [4.69, 9.17) is 11.6 Å². The molecule has 3 rings (SSSR count). The fourth-order valence-corrected chi connectivity index (χ4v) is 3.29. The van der Waals surface area contributed by atoms with Crippen LogP contribution in [0, 0.1) is 0 Å². The summed E-state index contributed by atoms with van der Waals surface area (Å²) in [6.45, 7) is 4.20. The van der Waals surface area contributed by atoms with Gasteiger partial charge in [0, 0.05) is 12.2 Å². The van der Waals surface area contributed by atoms with Crippen LogP contribution < -0.4 is 5.69 Å². The second kappa shape index (κ2) is 7.29. The molecule has 3 aromatic heterocycles. The lowest BCUT2D eigenvalue weighted by molar-refractivity contribution is 0.0696. The molecule has 26 heavy (non-hydrogen) atoms. The molecule has 0 fully saturated rings. The van der Waals surface area contributed by atoms with Crippen LogP contribution in [0.4, 0.5) is 0 Å². The van der Waals surface area contributed by atoms with Crippen molar-refractivity contribution in [1.82, 2.24) is 19.1 Å². The molecule has 0 atom stereocenters. The van der Waals surface area contributed by atoms with Gasteiger partial charge in [-0.25, -0.2) is 19.6 Å². The van der Waals surface area contributed by atoms with Gasteiger partial charge in [-0.2, -0.15) is 0 Å². The van der Waals surface area contributed by atoms with E-state index in [9.17, 15) is 14.7 Å². The number of carboxylic acid groups (broad SMARTS) is 1. The molecule has 0 spiro atoms. The summed E-state index contributed by atoms with van der Waals surface area (Å²) in [5.74, 6) is -1.09. The van der Waals surface area contributed by atoms with E-state index >= 15 is 0 Å². The predicted molar refractivity (Wildman–Crippen MR) is 98.9 cm³/mol. The van der Waals surface area contributed by atoms with Gasteiger partial charge in [-0.15, -0.1) is 0 Å². The van der Waals surface area contributed by atoms with E-state index < -0.39 is 5.97 Å². The van der Waals surface area contributed by atoms with Gasteiger partial charge >= 0.3 is 11.7 Å². The Bertz CT molecular complexity index is 1020. The maximum atomic E-state index is 13.1. The lowest BCUT2D eigenvalue weighted by Gasteiger charge is -2.13. The molecule has 0 saturated heterocycles. The first kappa shape index (κ1) is 18.1. The number of aromatic nitrogens is 4. The van der Waals surface area contributed by atoms with Gasteiger partial charge in [0.25, 0.3) is 0 Å². The summed E-state index contributed by atoms with van der Waals surface area (Å²) in [5.41, 5.74) is 1.38. The normalized spacial score (nSPS) is 11.4. The van der Waals surface area contributed by atoms with E-state index in [1.165, 1.54) is 16.8 Å². The third-order valence-corrected chi connectivity index (χ3v) is 4.66. The van der Waals surface area contributed by atoms with Crippen LogP contribution in [0.2, 0.25) is 5.15 Å². The number of fused-ring (bicyclic) bond motifs is 1. The van der Waals surface area contributed by atoms with Crippen LogP contribution in [0.3, 0.4) is 0 Å². The molecule has 0 unspecified atom stereocenters. The van der Waals surface area contributed by atoms with Crippen LogP contribution in [0.25, 0.3) is 11.2 Å². The van der Waals surface area contributed by atoms with Crippen molar-refractivity contribution in [1.29, 1.82) is 0 Å². The van der Waals surface area contributed by atoms with Gasteiger partial charge in [-0.1, -0.05) is 31.5 Å². The number of imidazole rings is 1. The Kier molecular flexibility index (Phi) is 5.08. The first-order valence-electron chi connectivity index (χ1n) is 8.41. The van der Waals surface area contributed by atoms with E-state index in [-0.39, 0.29) is 23.8 Å². The number of carboxylic acids is 1. The van der Waals surface area contributed by atoms with E-state index in [1.54, 1.807) is 22.8 Å². The van der Waals surface area contributed by atoms with Crippen molar-refractivity contribution in [2.75, 3.05) is 0 Å². The highest BCUT2D eigenvalue weighted by atomic mass is 35.5. The standard InChI is InChI=1S/C18H19ClN4O3/c1-3-13(4-2)23-16-14(8-11(9-20-16)17(24)25)22(18(23)26)10-12-6-5-7-15(19)21-12/h5-9,13H,3-4,10H2,1-2H3,(H,24,25). The minimum atomic E-state index is -1.09. The Morgan fingerprint density at radius 2 is 2.04 bits per heavy atom. The van der Waals surface area contributed by atoms with Crippen LogP contribution in [0.5, 0.6) is 0 Å². The number of hydrogen-bond donors (Lipinski definition) is 1. The fourth-order valence-electron chi connectivity index (χ4n) is 3.11. The minimum absolute atomic E-state index is 0.0123. The van der Waals surface area contributed by atoms with Gasteiger partial charge in [-0.05, 0) is 31.0 Å². The van der Waals surface area contributed by atoms with Gasteiger partial charge in [0.1, 0.15) is 5.15 Å². The van der Waals surface area contributed by atoms with Crippen LogP contribution in [-0.2, 0) is 6.54 Å². The summed E-state index contributed by atoms with van der Waals surface area (Å²) in [4.78, 5) is 32.9. The first-order valence-corrected chi connectivity index (χ1v) is 8.79. The number of nitrogens with zero attached hydrogens (tertiary/aromatic N) is 4. The second-order valence-corrected chi connectivity index (χ2v) is 6.42. The molecule has 0 bridgehead atoms. The highest BCUT2D eigenvalue weighted by Gasteiger charge is 2.21. The number of hydrogen-bond acceptors (Lipinski definition) is 4. The van der Waals surface area contributed by atoms with Crippen molar-refractivity contribution < 1.29 is 9.90 Å². The van der Waals surface area contributed by atoms with Crippen molar-refractivity contribution in [3.05, 3.63) is 57.4 Å². The molecule has 136 valence electrons. The topological polar surface area (TPSA) is 90.0 Å². The van der Waals surface area contributed by atoms with Gasteiger partial charge in [0.2, 0.25) is 0 Å². The van der Waals surface area contributed by atoms with Gasteiger partial charge in [-0.3, -0.25) is 9.13 Å². The summed E-state index contributed by atoms with van der Waals surface area (Å²) in [7, 11) is 0. The Morgan fingerprint density at radius 1 is 1.31 bits per heavy atom. The second-order valence-electron chi connectivity index (χ2n) is 6.03. The van der Waals surface area contributed by atoms with Crippen molar-refractivity contribution >= 4 is 28.7 Å².